The Morgan fingerprint density at radius 1 is 0.870 bits per heavy atom. The Bertz CT molecular complexity index is 945. The Kier molecular flexibility index (Phi) is 3.16. The zero-order valence-electron chi connectivity index (χ0n) is 12.3. The Labute approximate surface area is 133 Å². The van der Waals surface area contributed by atoms with Gasteiger partial charge >= 0.3 is 0 Å². The molecule has 0 radical (unpaired) electrons. The van der Waals surface area contributed by atoms with Crippen LogP contribution in [0, 0.1) is 0 Å². The summed E-state index contributed by atoms with van der Waals surface area (Å²) in [6.07, 6.45) is 1.49. The Morgan fingerprint density at radius 2 is 1.57 bits per heavy atom. The molecule has 0 saturated carbocycles. The van der Waals surface area contributed by atoms with Gasteiger partial charge in [0.2, 0.25) is 0 Å². The van der Waals surface area contributed by atoms with Crippen LogP contribution in [0.15, 0.2) is 73.1 Å². The molecular formula is C18H15N5. The van der Waals surface area contributed by atoms with Crippen molar-refractivity contribution >= 4 is 28.4 Å². The number of nitrogens with one attached hydrogen (secondary N) is 1. The van der Waals surface area contributed by atoms with Gasteiger partial charge in [-0.3, -0.25) is 4.57 Å². The number of hydrogen-bond donors (Lipinski definition) is 2. The lowest BCUT2D eigenvalue weighted by molar-refractivity contribution is 1.11. The van der Waals surface area contributed by atoms with Crippen LogP contribution in [0.3, 0.4) is 0 Å². The van der Waals surface area contributed by atoms with Crippen molar-refractivity contribution in [3.8, 4) is 5.69 Å². The van der Waals surface area contributed by atoms with Gasteiger partial charge in [0.25, 0.3) is 0 Å². The third-order valence-electron chi connectivity index (χ3n) is 3.68. The second kappa shape index (κ2) is 5.46. The second-order valence-electron chi connectivity index (χ2n) is 5.18. The Balaban J connectivity index is 1.95. The van der Waals surface area contributed by atoms with Crippen LogP contribution in [-0.4, -0.2) is 14.5 Å². The van der Waals surface area contributed by atoms with Crippen LogP contribution in [-0.2, 0) is 0 Å². The summed E-state index contributed by atoms with van der Waals surface area (Å²) in [7, 11) is 0. The fourth-order valence-electron chi connectivity index (χ4n) is 2.66. The summed E-state index contributed by atoms with van der Waals surface area (Å²) in [5.74, 6) is 1.35. The normalized spacial score (nSPS) is 10.8. The summed E-state index contributed by atoms with van der Waals surface area (Å²) < 4.78 is 2.04. The van der Waals surface area contributed by atoms with Gasteiger partial charge in [-0.1, -0.05) is 36.4 Å². The highest BCUT2D eigenvalue weighted by molar-refractivity contribution is 5.91. The average Bonchev–Trinajstić information content (AvgIpc) is 2.96. The maximum absolute atomic E-state index is 6.10. The molecule has 112 valence electrons. The Hall–Kier alpha value is -3.34. The number of nitrogens with two attached hydrogens (primary N) is 1. The SMILES string of the molecule is Nc1ncnc2cc(Nc3ccccc3)n(-c3ccccc3)c12. The molecule has 0 aliphatic rings. The number of nitrogen functional groups attached to an aromatic ring is 1. The molecule has 0 amide bonds. The van der Waals surface area contributed by atoms with Crippen molar-refractivity contribution in [3.63, 3.8) is 0 Å². The monoisotopic (exact) mass is 301 g/mol. The van der Waals surface area contributed by atoms with Gasteiger partial charge in [0.05, 0.1) is 5.52 Å². The quantitative estimate of drug-likeness (QED) is 0.605. The van der Waals surface area contributed by atoms with E-state index in [1.54, 1.807) is 0 Å². The number of fused-ring (bicyclic) bond motifs is 1. The van der Waals surface area contributed by atoms with Crippen LogP contribution in [0.25, 0.3) is 16.7 Å². The number of nitrogens with zero attached hydrogens (tertiary/aromatic N) is 3. The third kappa shape index (κ3) is 2.38. The average molecular weight is 301 g/mol. The molecule has 3 N–H and O–H groups in total. The van der Waals surface area contributed by atoms with Gasteiger partial charge in [-0.05, 0) is 24.3 Å². The number of hydrogen-bond acceptors (Lipinski definition) is 4. The summed E-state index contributed by atoms with van der Waals surface area (Å²) >= 11 is 0. The second-order valence-corrected chi connectivity index (χ2v) is 5.18. The van der Waals surface area contributed by atoms with Crippen LogP contribution in [0.4, 0.5) is 17.3 Å². The van der Waals surface area contributed by atoms with Gasteiger partial charge in [-0.2, -0.15) is 0 Å². The lowest BCUT2D eigenvalue weighted by Crippen LogP contribution is -2.03. The molecule has 2 aromatic carbocycles. The molecule has 2 aromatic heterocycles. The molecule has 2 heterocycles. The van der Waals surface area contributed by atoms with Gasteiger partial charge in [0, 0.05) is 17.4 Å². The molecule has 0 aliphatic carbocycles. The molecule has 4 rings (SSSR count). The van der Waals surface area contributed by atoms with E-state index in [1.165, 1.54) is 6.33 Å². The van der Waals surface area contributed by atoms with E-state index in [2.05, 4.69) is 15.3 Å². The fourth-order valence-corrected chi connectivity index (χ4v) is 2.66. The summed E-state index contributed by atoms with van der Waals surface area (Å²) in [5.41, 5.74) is 9.71. The van der Waals surface area contributed by atoms with E-state index < -0.39 is 0 Å². The van der Waals surface area contributed by atoms with Crippen molar-refractivity contribution in [1.29, 1.82) is 0 Å². The van der Waals surface area contributed by atoms with Gasteiger partial charge in [0.1, 0.15) is 17.7 Å². The molecule has 0 unspecified atom stereocenters. The van der Waals surface area contributed by atoms with Crippen LogP contribution >= 0.6 is 0 Å². The van der Waals surface area contributed by atoms with E-state index >= 15 is 0 Å². The predicted octanol–water partition coefficient (Wildman–Crippen LogP) is 3.75. The summed E-state index contributed by atoms with van der Waals surface area (Å²) in [5, 5.41) is 3.43. The van der Waals surface area contributed by atoms with Crippen LogP contribution in [0.5, 0.6) is 0 Å². The molecule has 0 atom stereocenters. The number of benzene rings is 2. The molecule has 5 heteroatoms. The van der Waals surface area contributed by atoms with Gasteiger partial charge in [-0.15, -0.1) is 0 Å². The first-order valence-corrected chi connectivity index (χ1v) is 7.32. The van der Waals surface area contributed by atoms with Crippen molar-refractivity contribution in [2.45, 2.75) is 0 Å². The van der Waals surface area contributed by atoms with Gasteiger partial charge in [-0.25, -0.2) is 9.97 Å². The summed E-state index contributed by atoms with van der Waals surface area (Å²) in [6, 6.07) is 22.0. The maximum Gasteiger partial charge on any atom is 0.151 e. The molecule has 5 nitrogen and oxygen atoms in total. The minimum absolute atomic E-state index is 0.458. The third-order valence-corrected chi connectivity index (χ3v) is 3.68. The molecule has 4 aromatic rings. The fraction of sp³-hybridized carbons (Fsp3) is 0. The molecule has 23 heavy (non-hydrogen) atoms. The predicted molar refractivity (Wildman–Crippen MR) is 93.0 cm³/mol. The lowest BCUT2D eigenvalue weighted by atomic mass is 10.3. The standard InChI is InChI=1S/C18H15N5/c19-18-17-15(20-12-21-18)11-16(22-13-7-3-1-4-8-13)23(17)14-9-5-2-6-10-14/h1-12,22H,(H2,19,20,21). The highest BCUT2D eigenvalue weighted by Gasteiger charge is 2.14. The lowest BCUT2D eigenvalue weighted by Gasteiger charge is -2.13. The number of para-hydroxylation sites is 2. The minimum Gasteiger partial charge on any atom is -0.382 e. The van der Waals surface area contributed by atoms with Crippen molar-refractivity contribution < 1.29 is 0 Å². The van der Waals surface area contributed by atoms with Crippen LogP contribution < -0.4 is 11.1 Å². The van der Waals surface area contributed by atoms with Crippen LogP contribution in [0.1, 0.15) is 0 Å². The van der Waals surface area contributed by atoms with E-state index in [-0.39, 0.29) is 0 Å². The molecule has 0 fully saturated rings. The van der Waals surface area contributed by atoms with Gasteiger partial charge < -0.3 is 11.1 Å². The smallest absolute Gasteiger partial charge is 0.151 e. The van der Waals surface area contributed by atoms with Crippen molar-refractivity contribution in [2.75, 3.05) is 11.1 Å². The first-order valence-electron chi connectivity index (χ1n) is 7.32. The van der Waals surface area contributed by atoms with Crippen molar-refractivity contribution in [3.05, 3.63) is 73.1 Å². The minimum atomic E-state index is 0.458. The highest BCUT2D eigenvalue weighted by Crippen LogP contribution is 2.31. The van der Waals surface area contributed by atoms with Crippen molar-refractivity contribution in [1.82, 2.24) is 14.5 Å². The van der Waals surface area contributed by atoms with E-state index in [1.807, 2.05) is 71.3 Å². The van der Waals surface area contributed by atoms with E-state index in [0.29, 0.717) is 5.82 Å². The number of aromatic nitrogens is 3. The topological polar surface area (TPSA) is 68.8 Å². The van der Waals surface area contributed by atoms with E-state index in [4.69, 9.17) is 5.73 Å². The first-order chi connectivity index (χ1) is 11.3. The summed E-state index contributed by atoms with van der Waals surface area (Å²) in [6.45, 7) is 0. The van der Waals surface area contributed by atoms with E-state index in [0.717, 1.165) is 28.2 Å². The maximum atomic E-state index is 6.10. The zero-order chi connectivity index (χ0) is 15.6. The number of rotatable bonds is 3. The molecule has 0 saturated heterocycles. The van der Waals surface area contributed by atoms with E-state index in [9.17, 15) is 0 Å². The zero-order valence-corrected chi connectivity index (χ0v) is 12.3. The van der Waals surface area contributed by atoms with Gasteiger partial charge in [0.15, 0.2) is 5.82 Å². The summed E-state index contributed by atoms with van der Waals surface area (Å²) in [4.78, 5) is 8.47. The molecule has 0 spiro atoms. The highest BCUT2D eigenvalue weighted by atomic mass is 15.1. The Morgan fingerprint density at radius 3 is 2.30 bits per heavy atom. The number of anilines is 3. The van der Waals surface area contributed by atoms with Crippen LogP contribution in [0.2, 0.25) is 0 Å². The van der Waals surface area contributed by atoms with Crippen molar-refractivity contribution in [2.24, 2.45) is 0 Å². The molecular weight excluding hydrogens is 286 g/mol. The molecule has 0 bridgehead atoms. The molecule has 0 aliphatic heterocycles. The first kappa shape index (κ1) is 13.3. The largest absolute Gasteiger partial charge is 0.382 e.